The summed E-state index contributed by atoms with van der Waals surface area (Å²) in [5.41, 5.74) is 8.35. The predicted molar refractivity (Wildman–Crippen MR) is 70.0 cm³/mol. The van der Waals surface area contributed by atoms with Gasteiger partial charge in [0.25, 0.3) is 0 Å². The van der Waals surface area contributed by atoms with Crippen molar-refractivity contribution in [3.05, 3.63) is 28.8 Å². The van der Waals surface area contributed by atoms with E-state index in [1.54, 1.807) is 0 Å². The third-order valence-electron chi connectivity index (χ3n) is 3.43. The molecule has 1 fully saturated rings. The number of halogens is 1. The highest BCUT2D eigenvalue weighted by molar-refractivity contribution is 6.31. The monoisotopic (exact) mass is 238 g/mol. The minimum atomic E-state index is 0.270. The first-order chi connectivity index (χ1) is 7.68. The molecule has 2 unspecified atom stereocenters. The summed E-state index contributed by atoms with van der Waals surface area (Å²) in [6.07, 6.45) is 4.81. The molecule has 2 atom stereocenters. The van der Waals surface area contributed by atoms with Crippen LogP contribution in [-0.4, -0.2) is 12.1 Å². The Morgan fingerprint density at radius 2 is 2.06 bits per heavy atom. The number of hydrogen-bond acceptors (Lipinski definition) is 2. The predicted octanol–water partition coefficient (Wildman–Crippen LogP) is 3.33. The SMILES string of the molecule is Cc1c(Cl)cccc1NC1CCCCC1N. The van der Waals surface area contributed by atoms with Crippen LogP contribution in [0, 0.1) is 6.92 Å². The van der Waals surface area contributed by atoms with Crippen molar-refractivity contribution in [2.24, 2.45) is 5.73 Å². The number of hydrogen-bond donors (Lipinski definition) is 2. The van der Waals surface area contributed by atoms with Gasteiger partial charge in [0.05, 0.1) is 0 Å². The van der Waals surface area contributed by atoms with Gasteiger partial charge < -0.3 is 11.1 Å². The number of nitrogens with two attached hydrogens (primary N) is 1. The van der Waals surface area contributed by atoms with Crippen molar-refractivity contribution in [1.82, 2.24) is 0 Å². The first kappa shape index (κ1) is 11.7. The third kappa shape index (κ3) is 2.50. The molecule has 3 heteroatoms. The van der Waals surface area contributed by atoms with Gasteiger partial charge >= 0.3 is 0 Å². The van der Waals surface area contributed by atoms with Crippen molar-refractivity contribution >= 4 is 17.3 Å². The number of rotatable bonds is 2. The molecular weight excluding hydrogens is 220 g/mol. The van der Waals surface area contributed by atoms with Gasteiger partial charge in [-0.1, -0.05) is 30.5 Å². The van der Waals surface area contributed by atoms with E-state index in [1.165, 1.54) is 12.8 Å². The molecule has 1 aliphatic rings. The van der Waals surface area contributed by atoms with E-state index in [4.69, 9.17) is 17.3 Å². The summed E-state index contributed by atoms with van der Waals surface area (Å²) in [7, 11) is 0. The first-order valence-electron chi connectivity index (χ1n) is 5.95. The van der Waals surface area contributed by atoms with Crippen LogP contribution >= 0.6 is 11.6 Å². The number of anilines is 1. The van der Waals surface area contributed by atoms with Crippen LogP contribution in [0.5, 0.6) is 0 Å². The van der Waals surface area contributed by atoms with Crippen molar-refractivity contribution in [2.45, 2.75) is 44.7 Å². The van der Waals surface area contributed by atoms with Gasteiger partial charge in [0.2, 0.25) is 0 Å². The fourth-order valence-corrected chi connectivity index (χ4v) is 2.48. The van der Waals surface area contributed by atoms with Crippen LogP contribution in [0.3, 0.4) is 0 Å². The summed E-state index contributed by atoms with van der Waals surface area (Å²) in [4.78, 5) is 0. The van der Waals surface area contributed by atoms with Crippen molar-refractivity contribution in [3.63, 3.8) is 0 Å². The molecule has 1 aromatic rings. The highest BCUT2D eigenvalue weighted by Gasteiger charge is 2.21. The quantitative estimate of drug-likeness (QED) is 0.830. The number of nitrogens with one attached hydrogen (secondary N) is 1. The Balaban J connectivity index is 2.10. The van der Waals surface area contributed by atoms with E-state index < -0.39 is 0 Å². The van der Waals surface area contributed by atoms with Crippen LogP contribution in [0.15, 0.2) is 18.2 Å². The Labute approximate surface area is 102 Å². The van der Waals surface area contributed by atoms with E-state index in [-0.39, 0.29) is 6.04 Å². The lowest BCUT2D eigenvalue weighted by Gasteiger charge is -2.30. The fraction of sp³-hybridized carbons (Fsp3) is 0.538. The van der Waals surface area contributed by atoms with Gasteiger partial charge in [0.15, 0.2) is 0 Å². The average Bonchev–Trinajstić information content (AvgIpc) is 2.28. The maximum Gasteiger partial charge on any atom is 0.0455 e. The molecule has 0 spiro atoms. The molecule has 1 aromatic carbocycles. The van der Waals surface area contributed by atoms with Gasteiger partial charge in [-0.25, -0.2) is 0 Å². The lowest BCUT2D eigenvalue weighted by molar-refractivity contribution is 0.404. The Morgan fingerprint density at radius 1 is 1.31 bits per heavy atom. The maximum absolute atomic E-state index is 6.12. The highest BCUT2D eigenvalue weighted by Crippen LogP contribution is 2.26. The molecule has 0 radical (unpaired) electrons. The molecule has 0 heterocycles. The zero-order valence-corrected chi connectivity index (χ0v) is 10.4. The van der Waals surface area contributed by atoms with E-state index in [0.29, 0.717) is 6.04 Å². The van der Waals surface area contributed by atoms with Gasteiger partial charge in [-0.2, -0.15) is 0 Å². The molecule has 16 heavy (non-hydrogen) atoms. The molecule has 1 saturated carbocycles. The highest BCUT2D eigenvalue weighted by atomic mass is 35.5. The van der Waals surface area contributed by atoms with Gasteiger partial charge in [-0.15, -0.1) is 0 Å². The maximum atomic E-state index is 6.12. The minimum absolute atomic E-state index is 0.270. The second-order valence-electron chi connectivity index (χ2n) is 4.61. The summed E-state index contributed by atoms with van der Waals surface area (Å²) in [5.74, 6) is 0. The second kappa shape index (κ2) is 5.07. The van der Waals surface area contributed by atoms with Gasteiger partial charge in [-0.3, -0.25) is 0 Å². The smallest absolute Gasteiger partial charge is 0.0455 e. The van der Waals surface area contributed by atoms with E-state index in [9.17, 15) is 0 Å². The summed E-state index contributed by atoms with van der Waals surface area (Å²) in [6, 6.07) is 6.63. The molecule has 0 aromatic heterocycles. The van der Waals surface area contributed by atoms with E-state index >= 15 is 0 Å². The zero-order chi connectivity index (χ0) is 11.5. The molecule has 1 aliphatic carbocycles. The standard InChI is InChI=1S/C13H19ClN2/c1-9-10(14)5-4-8-12(9)16-13-7-3-2-6-11(13)15/h4-5,8,11,13,16H,2-3,6-7,15H2,1H3. The van der Waals surface area contributed by atoms with Gasteiger partial charge in [0, 0.05) is 22.8 Å². The number of benzene rings is 1. The summed E-state index contributed by atoms with van der Waals surface area (Å²) in [6.45, 7) is 2.04. The van der Waals surface area contributed by atoms with Crippen LogP contribution < -0.4 is 11.1 Å². The van der Waals surface area contributed by atoms with Crippen molar-refractivity contribution in [3.8, 4) is 0 Å². The lowest BCUT2D eigenvalue weighted by atomic mass is 9.90. The van der Waals surface area contributed by atoms with Gasteiger partial charge in [-0.05, 0) is 37.5 Å². The van der Waals surface area contributed by atoms with Crippen molar-refractivity contribution < 1.29 is 0 Å². The molecule has 2 rings (SSSR count). The minimum Gasteiger partial charge on any atom is -0.380 e. The normalized spacial score (nSPS) is 25.4. The molecule has 88 valence electrons. The largest absolute Gasteiger partial charge is 0.380 e. The average molecular weight is 239 g/mol. The van der Waals surface area contributed by atoms with Crippen LogP contribution in [0.1, 0.15) is 31.2 Å². The molecule has 0 bridgehead atoms. The molecule has 0 aliphatic heterocycles. The Bertz CT molecular complexity index is 365. The zero-order valence-electron chi connectivity index (χ0n) is 9.67. The van der Waals surface area contributed by atoms with E-state index in [1.807, 2.05) is 19.1 Å². The van der Waals surface area contributed by atoms with Crippen molar-refractivity contribution in [2.75, 3.05) is 5.32 Å². The second-order valence-corrected chi connectivity index (χ2v) is 5.02. The molecule has 0 amide bonds. The van der Waals surface area contributed by atoms with Crippen LogP contribution in [-0.2, 0) is 0 Å². The molecule has 3 N–H and O–H groups in total. The van der Waals surface area contributed by atoms with Crippen molar-refractivity contribution in [1.29, 1.82) is 0 Å². The van der Waals surface area contributed by atoms with Gasteiger partial charge in [0.1, 0.15) is 0 Å². The first-order valence-corrected chi connectivity index (χ1v) is 6.33. The summed E-state index contributed by atoms with van der Waals surface area (Å²) >= 11 is 6.10. The Kier molecular flexibility index (Phi) is 3.72. The van der Waals surface area contributed by atoms with Crippen LogP contribution in [0.4, 0.5) is 5.69 Å². The van der Waals surface area contributed by atoms with Crippen LogP contribution in [0.2, 0.25) is 5.02 Å². The topological polar surface area (TPSA) is 38.0 Å². The molecular formula is C13H19ClN2. The molecule has 0 saturated heterocycles. The third-order valence-corrected chi connectivity index (χ3v) is 3.84. The Hall–Kier alpha value is -0.730. The summed E-state index contributed by atoms with van der Waals surface area (Å²) in [5, 5.41) is 4.34. The summed E-state index contributed by atoms with van der Waals surface area (Å²) < 4.78 is 0. The van der Waals surface area contributed by atoms with E-state index in [2.05, 4.69) is 11.4 Å². The molecule has 2 nitrogen and oxygen atoms in total. The lowest BCUT2D eigenvalue weighted by Crippen LogP contribution is -2.42. The fourth-order valence-electron chi connectivity index (χ4n) is 2.30. The van der Waals surface area contributed by atoms with Crippen LogP contribution in [0.25, 0.3) is 0 Å². The Morgan fingerprint density at radius 3 is 2.81 bits per heavy atom. The van der Waals surface area contributed by atoms with E-state index in [0.717, 1.165) is 29.1 Å².